The number of hydrogen-bond donors (Lipinski definition) is 2. The Balaban J connectivity index is 1.75. The number of carbonyl (C=O) groups excluding carboxylic acids is 4. The van der Waals surface area contributed by atoms with Crippen molar-refractivity contribution in [3.8, 4) is 0 Å². The van der Waals surface area contributed by atoms with Gasteiger partial charge in [0.05, 0.1) is 22.7 Å². The van der Waals surface area contributed by atoms with E-state index in [1.54, 1.807) is 54.6 Å². The van der Waals surface area contributed by atoms with Gasteiger partial charge < -0.3 is 16.0 Å². The molecule has 0 saturated heterocycles. The Morgan fingerprint density at radius 2 is 1.79 bits per heavy atom. The molecule has 0 saturated carbocycles. The summed E-state index contributed by atoms with van der Waals surface area (Å²) < 4.78 is 14.0. The van der Waals surface area contributed by atoms with Gasteiger partial charge in [0.15, 0.2) is 5.78 Å². The van der Waals surface area contributed by atoms with E-state index in [1.165, 1.54) is 11.0 Å². The summed E-state index contributed by atoms with van der Waals surface area (Å²) in [5.74, 6) is -3.93. The molecule has 10 nitrogen and oxygen atoms in total. The molecule has 42 heavy (non-hydrogen) atoms. The first-order valence-corrected chi connectivity index (χ1v) is 13.6. The molecule has 3 atom stereocenters. The summed E-state index contributed by atoms with van der Waals surface area (Å²) in [5, 5.41) is 6.29. The van der Waals surface area contributed by atoms with Crippen LogP contribution in [-0.4, -0.2) is 41.0 Å². The lowest BCUT2D eigenvalue weighted by molar-refractivity contribution is -0.146. The predicted molar refractivity (Wildman–Crippen MR) is 155 cm³/mol. The first-order valence-electron chi connectivity index (χ1n) is 13.2. The molecule has 0 bridgehead atoms. The molecule has 0 fully saturated rings. The number of amides is 3. The van der Waals surface area contributed by atoms with E-state index >= 15 is 0 Å². The number of Topliss-reactive ketones (excluding diaryl/α,β-unsaturated/α-hetero) is 1. The topological polar surface area (TPSA) is 158 Å². The number of azide groups is 1. The van der Waals surface area contributed by atoms with E-state index in [0.29, 0.717) is 16.7 Å². The maximum Gasteiger partial charge on any atom is 0.240 e. The molecule has 1 heterocycles. The maximum absolute atomic E-state index is 14.0. The Morgan fingerprint density at radius 3 is 2.50 bits per heavy atom. The number of ketones is 1. The van der Waals surface area contributed by atoms with Crippen LogP contribution in [0.15, 0.2) is 77.9 Å². The Kier molecular flexibility index (Phi) is 9.90. The van der Waals surface area contributed by atoms with Crippen molar-refractivity contribution in [3.63, 3.8) is 0 Å². The third kappa shape index (κ3) is 6.94. The smallest absolute Gasteiger partial charge is 0.240 e. The molecule has 0 spiro atoms. The molecule has 3 aromatic rings. The average molecular weight is 591 g/mol. The Labute approximate surface area is 246 Å². The molecule has 216 valence electrons. The van der Waals surface area contributed by atoms with E-state index in [0.717, 1.165) is 12.1 Å². The monoisotopic (exact) mass is 590 g/mol. The van der Waals surface area contributed by atoms with Crippen molar-refractivity contribution in [2.45, 2.75) is 37.8 Å². The first kappa shape index (κ1) is 30.2. The number of carbonyl (C=O) groups is 4. The number of rotatable bonds is 11. The lowest BCUT2D eigenvalue weighted by Crippen LogP contribution is -2.56. The summed E-state index contributed by atoms with van der Waals surface area (Å²) in [6, 6.07) is 16.9. The van der Waals surface area contributed by atoms with E-state index < -0.39 is 41.5 Å². The Bertz CT molecular complexity index is 1550. The number of fused-ring (bicyclic) bond motifs is 1. The van der Waals surface area contributed by atoms with Gasteiger partial charge in [-0.3, -0.25) is 19.2 Å². The summed E-state index contributed by atoms with van der Waals surface area (Å²) in [4.78, 5) is 57.3. The van der Waals surface area contributed by atoms with Gasteiger partial charge in [-0.2, -0.15) is 0 Å². The van der Waals surface area contributed by atoms with Gasteiger partial charge in [-0.25, -0.2) is 4.39 Å². The normalized spacial score (nSPS) is 16.5. The molecule has 0 aliphatic carbocycles. The molecule has 3 amide bonds. The van der Waals surface area contributed by atoms with Crippen LogP contribution in [-0.2, 0) is 20.8 Å². The lowest BCUT2D eigenvalue weighted by Gasteiger charge is -2.45. The van der Waals surface area contributed by atoms with Crippen LogP contribution in [0.4, 0.5) is 10.1 Å². The molecule has 3 aromatic carbocycles. The highest BCUT2D eigenvalue weighted by Gasteiger charge is 2.45. The molecule has 1 aliphatic rings. The van der Waals surface area contributed by atoms with Crippen molar-refractivity contribution >= 4 is 40.8 Å². The Hall–Kier alpha value is -4.73. The minimum Gasteiger partial charge on any atom is -0.368 e. The van der Waals surface area contributed by atoms with Gasteiger partial charge in [0, 0.05) is 36.3 Å². The van der Waals surface area contributed by atoms with Gasteiger partial charge in [0.1, 0.15) is 11.9 Å². The van der Waals surface area contributed by atoms with Crippen molar-refractivity contribution in [2.75, 3.05) is 11.9 Å². The Morgan fingerprint density at radius 1 is 1.07 bits per heavy atom. The fourth-order valence-corrected chi connectivity index (χ4v) is 5.41. The zero-order chi connectivity index (χ0) is 30.2. The molecular formula is C30H28ClFN6O4. The second-order valence-electron chi connectivity index (χ2n) is 9.82. The molecular weight excluding hydrogens is 563 g/mol. The highest BCUT2D eigenvalue weighted by Crippen LogP contribution is 2.41. The van der Waals surface area contributed by atoms with Crippen molar-refractivity contribution in [1.82, 2.24) is 4.90 Å². The van der Waals surface area contributed by atoms with Crippen LogP contribution in [0.2, 0.25) is 5.02 Å². The minimum absolute atomic E-state index is 0.0114. The fraction of sp³-hybridized carbons (Fsp3) is 0.267. The van der Waals surface area contributed by atoms with Gasteiger partial charge in [-0.05, 0) is 41.3 Å². The first-order chi connectivity index (χ1) is 20.2. The number of hydrogen-bond acceptors (Lipinski definition) is 5. The minimum atomic E-state index is -1.11. The summed E-state index contributed by atoms with van der Waals surface area (Å²) in [7, 11) is 0. The predicted octanol–water partition coefficient (Wildman–Crippen LogP) is 5.38. The van der Waals surface area contributed by atoms with Gasteiger partial charge in [-0.1, -0.05) is 71.3 Å². The zero-order valence-corrected chi connectivity index (χ0v) is 23.2. The number of anilines is 1. The van der Waals surface area contributed by atoms with Gasteiger partial charge in [0.2, 0.25) is 17.7 Å². The van der Waals surface area contributed by atoms with Crippen molar-refractivity contribution in [2.24, 2.45) is 16.8 Å². The van der Waals surface area contributed by atoms with Crippen LogP contribution in [0.25, 0.3) is 10.4 Å². The number of halogens is 2. The second-order valence-corrected chi connectivity index (χ2v) is 10.2. The zero-order valence-electron chi connectivity index (χ0n) is 22.5. The summed E-state index contributed by atoms with van der Waals surface area (Å²) in [6.07, 6.45) is -0.287. The largest absolute Gasteiger partial charge is 0.368 e. The molecule has 0 aromatic heterocycles. The molecule has 12 heteroatoms. The summed E-state index contributed by atoms with van der Waals surface area (Å²) >= 11 is 6.20. The maximum atomic E-state index is 14.0. The van der Waals surface area contributed by atoms with Crippen molar-refractivity contribution < 1.29 is 23.6 Å². The van der Waals surface area contributed by atoms with E-state index in [-0.39, 0.29) is 48.7 Å². The molecule has 0 radical (unpaired) electrons. The van der Waals surface area contributed by atoms with Gasteiger partial charge >= 0.3 is 0 Å². The second kappa shape index (κ2) is 13.8. The van der Waals surface area contributed by atoms with E-state index in [4.69, 9.17) is 22.9 Å². The van der Waals surface area contributed by atoms with Gasteiger partial charge in [0.25, 0.3) is 0 Å². The van der Waals surface area contributed by atoms with Crippen LogP contribution in [0.3, 0.4) is 0 Å². The van der Waals surface area contributed by atoms with Crippen LogP contribution in [0, 0.1) is 11.7 Å². The highest BCUT2D eigenvalue weighted by atomic mass is 35.5. The van der Waals surface area contributed by atoms with Crippen LogP contribution >= 0.6 is 11.6 Å². The van der Waals surface area contributed by atoms with E-state index in [2.05, 4.69) is 15.3 Å². The van der Waals surface area contributed by atoms with Crippen molar-refractivity contribution in [3.05, 3.63) is 111 Å². The number of nitrogens with two attached hydrogens (primary N) is 1. The third-order valence-electron chi connectivity index (χ3n) is 7.21. The number of benzene rings is 3. The quantitative estimate of drug-likeness (QED) is 0.133. The van der Waals surface area contributed by atoms with E-state index in [1.807, 2.05) is 0 Å². The number of nitrogens with one attached hydrogen (secondary N) is 1. The molecule has 1 aliphatic heterocycles. The molecule has 4 rings (SSSR count). The fourth-order valence-electron chi connectivity index (χ4n) is 5.25. The SMILES string of the molecule is [N-]=[N+]=NCC[C@H](C(=O)Nc1cc(F)ccc1Cl)C1c2ccccc2CC(C(N)=O)N1C(=O)CCC(=O)c1ccccc1. The number of primary amides is 1. The van der Waals surface area contributed by atoms with Crippen LogP contribution in [0.1, 0.15) is 46.8 Å². The average Bonchev–Trinajstić information content (AvgIpc) is 2.99. The standard InChI is InChI=1S/C30H28ClFN6O4/c31-23-11-10-20(32)17-24(23)36-30(42)22(14-15-35-37-34)28-21-9-5-4-8-19(21)16-25(29(33)41)38(28)27(40)13-12-26(39)18-6-2-1-3-7-18/h1-11,17,22,25,28H,12-16H2,(H2,33,41)(H,36,42)/t22-,25?,28?/m0/s1. The van der Waals surface area contributed by atoms with Crippen LogP contribution in [0.5, 0.6) is 0 Å². The van der Waals surface area contributed by atoms with E-state index in [9.17, 15) is 23.6 Å². The highest BCUT2D eigenvalue weighted by molar-refractivity contribution is 6.33. The van der Waals surface area contributed by atoms with Crippen LogP contribution < -0.4 is 11.1 Å². The van der Waals surface area contributed by atoms with Crippen molar-refractivity contribution in [1.29, 1.82) is 0 Å². The molecule has 3 N–H and O–H groups in total. The molecule has 2 unspecified atom stereocenters. The summed E-state index contributed by atoms with van der Waals surface area (Å²) in [5.41, 5.74) is 16.5. The number of nitrogens with zero attached hydrogens (tertiary/aromatic N) is 4. The third-order valence-corrected chi connectivity index (χ3v) is 7.54. The van der Waals surface area contributed by atoms with Gasteiger partial charge in [-0.15, -0.1) is 0 Å². The lowest BCUT2D eigenvalue weighted by atomic mass is 9.79. The summed E-state index contributed by atoms with van der Waals surface area (Å²) in [6.45, 7) is -0.111.